The van der Waals surface area contributed by atoms with Crippen molar-refractivity contribution in [1.82, 2.24) is 5.32 Å². The zero-order chi connectivity index (χ0) is 26.2. The van der Waals surface area contributed by atoms with E-state index in [1.165, 1.54) is 30.3 Å². The number of halogens is 1. The van der Waals surface area contributed by atoms with Crippen molar-refractivity contribution < 1.29 is 28.8 Å². The number of hydrogen-bond acceptors (Lipinski definition) is 7. The number of carbonyl (C=O) groups excluding carboxylic acids is 3. The summed E-state index contributed by atoms with van der Waals surface area (Å²) in [7, 11) is 0. The number of hydrogen-bond donors (Lipinski definition) is 1. The Kier molecular flexibility index (Phi) is 9.02. The average Bonchev–Trinajstić information content (AvgIpc) is 2.83. The number of amides is 4. The van der Waals surface area contributed by atoms with Crippen molar-refractivity contribution in [3.8, 4) is 11.5 Å². The number of non-ortho nitro benzene ring substituents is 1. The second-order valence-corrected chi connectivity index (χ2v) is 8.31. The van der Waals surface area contributed by atoms with Crippen LogP contribution in [0.2, 0.25) is 5.02 Å². The van der Waals surface area contributed by atoms with Crippen LogP contribution in [0, 0.1) is 10.1 Å². The molecule has 10 nitrogen and oxygen atoms in total. The highest BCUT2D eigenvalue weighted by Crippen LogP contribution is 2.38. The molecule has 1 aliphatic heterocycles. The van der Waals surface area contributed by atoms with Crippen LogP contribution in [0.4, 0.5) is 16.2 Å². The Balaban J connectivity index is 1.93. The summed E-state index contributed by atoms with van der Waals surface area (Å²) in [6.07, 6.45) is 5.36. The molecule has 0 spiro atoms. The summed E-state index contributed by atoms with van der Waals surface area (Å²) in [4.78, 5) is 49.2. The second-order valence-electron chi connectivity index (χ2n) is 7.91. The van der Waals surface area contributed by atoms with Crippen LogP contribution in [-0.2, 0) is 9.59 Å². The highest BCUT2D eigenvalue weighted by Gasteiger charge is 2.37. The number of carbonyl (C=O) groups is 3. The van der Waals surface area contributed by atoms with Crippen molar-refractivity contribution in [2.24, 2.45) is 0 Å². The number of benzene rings is 2. The number of nitrogens with one attached hydrogen (secondary N) is 1. The molecule has 11 heteroatoms. The summed E-state index contributed by atoms with van der Waals surface area (Å²) < 4.78 is 11.5. The van der Waals surface area contributed by atoms with Gasteiger partial charge < -0.3 is 9.47 Å². The van der Waals surface area contributed by atoms with Gasteiger partial charge in [0, 0.05) is 12.1 Å². The molecule has 1 heterocycles. The average molecular weight is 516 g/mol. The van der Waals surface area contributed by atoms with Crippen LogP contribution >= 0.6 is 11.6 Å². The first-order valence-electron chi connectivity index (χ1n) is 11.5. The summed E-state index contributed by atoms with van der Waals surface area (Å²) in [5, 5.41) is 13.4. The van der Waals surface area contributed by atoms with Crippen LogP contribution in [0.15, 0.2) is 42.0 Å². The number of nitrogens with zero attached hydrogens (tertiary/aromatic N) is 2. The Bertz CT molecular complexity index is 1210. The van der Waals surface area contributed by atoms with E-state index in [4.69, 9.17) is 21.1 Å². The van der Waals surface area contributed by atoms with Crippen LogP contribution in [-0.4, -0.2) is 36.0 Å². The van der Waals surface area contributed by atoms with Crippen molar-refractivity contribution in [2.45, 2.75) is 39.5 Å². The minimum Gasteiger partial charge on any atom is -0.490 e. The highest BCUT2D eigenvalue weighted by molar-refractivity contribution is 6.39. The Morgan fingerprint density at radius 3 is 2.56 bits per heavy atom. The summed E-state index contributed by atoms with van der Waals surface area (Å²) in [5.74, 6) is -1.13. The fourth-order valence-electron chi connectivity index (χ4n) is 3.58. The summed E-state index contributed by atoms with van der Waals surface area (Å²) in [5.41, 5.74) is -0.347. The van der Waals surface area contributed by atoms with E-state index < -0.39 is 22.8 Å². The van der Waals surface area contributed by atoms with Crippen molar-refractivity contribution in [2.75, 3.05) is 18.1 Å². The van der Waals surface area contributed by atoms with E-state index in [0.29, 0.717) is 35.2 Å². The molecule has 0 aliphatic carbocycles. The van der Waals surface area contributed by atoms with Gasteiger partial charge in [-0.1, -0.05) is 43.9 Å². The Morgan fingerprint density at radius 2 is 1.86 bits per heavy atom. The maximum absolute atomic E-state index is 13.1. The molecule has 0 unspecified atom stereocenters. The monoisotopic (exact) mass is 515 g/mol. The van der Waals surface area contributed by atoms with Crippen LogP contribution in [0.3, 0.4) is 0 Å². The molecular formula is C25H26ClN3O7. The molecule has 0 bridgehead atoms. The second kappa shape index (κ2) is 12.2. The number of nitro benzene ring substituents is 1. The smallest absolute Gasteiger partial charge is 0.335 e. The third-order valence-electron chi connectivity index (χ3n) is 5.29. The Hall–Kier alpha value is -3.92. The van der Waals surface area contributed by atoms with Gasteiger partial charge in [-0.3, -0.25) is 25.0 Å². The lowest BCUT2D eigenvalue weighted by Crippen LogP contribution is -2.54. The van der Waals surface area contributed by atoms with E-state index in [2.05, 4.69) is 12.2 Å². The lowest BCUT2D eigenvalue weighted by atomic mass is 10.1. The molecule has 0 atom stereocenters. The zero-order valence-electron chi connectivity index (χ0n) is 19.9. The number of unbranched alkanes of at least 4 members (excludes halogenated alkanes) is 3. The summed E-state index contributed by atoms with van der Waals surface area (Å²) >= 11 is 6.45. The van der Waals surface area contributed by atoms with Crippen LogP contribution in [0.1, 0.15) is 45.1 Å². The number of rotatable bonds is 11. The topological polar surface area (TPSA) is 128 Å². The molecule has 1 N–H and O–H groups in total. The summed E-state index contributed by atoms with van der Waals surface area (Å²) in [6, 6.07) is 7.08. The van der Waals surface area contributed by atoms with Gasteiger partial charge in [-0.05, 0) is 43.2 Å². The highest BCUT2D eigenvalue weighted by atomic mass is 35.5. The summed E-state index contributed by atoms with van der Waals surface area (Å²) in [6.45, 7) is 4.71. The van der Waals surface area contributed by atoms with E-state index in [9.17, 15) is 24.5 Å². The van der Waals surface area contributed by atoms with Gasteiger partial charge in [0.15, 0.2) is 11.5 Å². The molecule has 4 amide bonds. The van der Waals surface area contributed by atoms with Gasteiger partial charge in [0.2, 0.25) is 0 Å². The lowest BCUT2D eigenvalue weighted by Gasteiger charge is -2.26. The third-order valence-corrected chi connectivity index (χ3v) is 5.57. The molecule has 0 saturated carbocycles. The Labute approximate surface area is 213 Å². The molecular weight excluding hydrogens is 490 g/mol. The number of ether oxygens (including phenoxy) is 2. The molecule has 1 fully saturated rings. The lowest BCUT2D eigenvalue weighted by molar-refractivity contribution is -0.384. The van der Waals surface area contributed by atoms with E-state index in [-0.39, 0.29) is 22.0 Å². The molecule has 2 aromatic carbocycles. The van der Waals surface area contributed by atoms with Crippen molar-refractivity contribution in [1.29, 1.82) is 0 Å². The largest absolute Gasteiger partial charge is 0.490 e. The van der Waals surface area contributed by atoms with E-state index in [1.54, 1.807) is 13.0 Å². The van der Waals surface area contributed by atoms with Gasteiger partial charge in [-0.2, -0.15) is 0 Å². The molecule has 0 aromatic heterocycles. The maximum atomic E-state index is 13.1. The van der Waals surface area contributed by atoms with Crippen molar-refractivity contribution >= 4 is 46.9 Å². The van der Waals surface area contributed by atoms with Crippen molar-refractivity contribution in [3.63, 3.8) is 0 Å². The SMILES string of the molecule is CCCCCCOc1c(Cl)cc(/C=C2/C(=O)NC(=O)N(c3cccc([N+](=O)[O-])c3)C2=O)cc1OCC. The van der Waals surface area contributed by atoms with Crippen LogP contribution in [0.5, 0.6) is 11.5 Å². The third kappa shape index (κ3) is 6.19. The first-order chi connectivity index (χ1) is 17.3. The number of urea groups is 1. The quantitative estimate of drug-likeness (QED) is 0.142. The fraction of sp³-hybridized carbons (Fsp3) is 0.320. The van der Waals surface area contributed by atoms with E-state index >= 15 is 0 Å². The molecule has 36 heavy (non-hydrogen) atoms. The number of anilines is 1. The Morgan fingerprint density at radius 1 is 1.08 bits per heavy atom. The van der Waals surface area contributed by atoms with Gasteiger partial charge in [-0.15, -0.1) is 0 Å². The molecule has 2 aromatic rings. The molecule has 3 rings (SSSR count). The number of nitro groups is 1. The fourth-order valence-corrected chi connectivity index (χ4v) is 3.86. The molecule has 0 radical (unpaired) electrons. The minimum atomic E-state index is -1.01. The maximum Gasteiger partial charge on any atom is 0.335 e. The van der Waals surface area contributed by atoms with Gasteiger partial charge in [-0.25, -0.2) is 9.69 Å². The van der Waals surface area contributed by atoms with Gasteiger partial charge in [0.1, 0.15) is 5.57 Å². The predicted octanol–water partition coefficient (Wildman–Crippen LogP) is 5.27. The van der Waals surface area contributed by atoms with Gasteiger partial charge in [0.05, 0.1) is 28.8 Å². The number of barbiturate groups is 1. The standard InChI is InChI=1S/C25H26ClN3O7/c1-3-5-6-7-11-36-22-20(26)13-16(14-21(22)35-4-2)12-19-23(30)27-25(32)28(24(19)31)17-9-8-10-18(15-17)29(33)34/h8-10,12-15H,3-7,11H2,1-2H3,(H,27,30,32)/b19-12-. The van der Waals surface area contributed by atoms with Gasteiger partial charge in [0.25, 0.3) is 17.5 Å². The predicted molar refractivity (Wildman–Crippen MR) is 134 cm³/mol. The van der Waals surface area contributed by atoms with Gasteiger partial charge >= 0.3 is 6.03 Å². The van der Waals surface area contributed by atoms with Crippen LogP contribution in [0.25, 0.3) is 6.08 Å². The van der Waals surface area contributed by atoms with E-state index in [0.717, 1.165) is 31.7 Å². The zero-order valence-corrected chi connectivity index (χ0v) is 20.7. The minimum absolute atomic E-state index is 0.0510. The molecule has 1 saturated heterocycles. The number of imide groups is 2. The normalized spacial score (nSPS) is 14.7. The van der Waals surface area contributed by atoms with Crippen molar-refractivity contribution in [3.05, 3.63) is 62.7 Å². The first-order valence-corrected chi connectivity index (χ1v) is 11.9. The molecule has 190 valence electrons. The van der Waals surface area contributed by atoms with E-state index in [1.807, 2.05) is 0 Å². The first kappa shape index (κ1) is 26.7. The van der Waals surface area contributed by atoms with Crippen LogP contribution < -0.4 is 19.7 Å². The molecule has 1 aliphatic rings.